The summed E-state index contributed by atoms with van der Waals surface area (Å²) in [5.41, 5.74) is 1.49. The number of phenolic OH excluding ortho intramolecular Hbond substituents is 1. The van der Waals surface area contributed by atoms with Crippen LogP contribution in [-0.4, -0.2) is 53.8 Å². The molecule has 1 aromatic heterocycles. The van der Waals surface area contributed by atoms with Gasteiger partial charge in [0, 0.05) is 60.6 Å². The zero-order valence-electron chi connectivity index (χ0n) is 18.7. The van der Waals surface area contributed by atoms with Crippen LogP contribution in [0.15, 0.2) is 67.0 Å². The van der Waals surface area contributed by atoms with Crippen LogP contribution in [0.25, 0.3) is 0 Å². The smallest absolute Gasteiger partial charge is 0.251 e. The molecule has 8 heteroatoms. The third-order valence-corrected chi connectivity index (χ3v) is 5.98. The lowest BCUT2D eigenvalue weighted by Crippen LogP contribution is -2.41. The molecule has 2 heterocycles. The van der Waals surface area contributed by atoms with Crippen LogP contribution < -0.4 is 15.4 Å². The number of nitrogens with one attached hydrogen (secondary N) is 2. The van der Waals surface area contributed by atoms with Crippen molar-refractivity contribution in [2.75, 3.05) is 20.2 Å². The minimum atomic E-state index is -0.366. The van der Waals surface area contributed by atoms with Gasteiger partial charge in [-0.2, -0.15) is 0 Å². The summed E-state index contributed by atoms with van der Waals surface area (Å²) in [7, 11) is 1.42. The highest BCUT2D eigenvalue weighted by Gasteiger charge is 2.30. The van der Waals surface area contributed by atoms with Gasteiger partial charge in [0.2, 0.25) is 0 Å². The molecule has 4 rings (SSSR count). The van der Waals surface area contributed by atoms with Crippen LogP contribution in [0.4, 0.5) is 0 Å². The van der Waals surface area contributed by atoms with Crippen LogP contribution >= 0.6 is 0 Å². The molecule has 1 saturated heterocycles. The van der Waals surface area contributed by atoms with Crippen molar-refractivity contribution in [3.63, 3.8) is 0 Å². The maximum atomic E-state index is 12.9. The van der Waals surface area contributed by atoms with E-state index in [4.69, 9.17) is 4.74 Å². The van der Waals surface area contributed by atoms with Gasteiger partial charge < -0.3 is 20.5 Å². The number of rotatable bonds is 8. The fourth-order valence-corrected chi connectivity index (χ4v) is 4.06. The van der Waals surface area contributed by atoms with Gasteiger partial charge in [-0.05, 0) is 24.3 Å². The van der Waals surface area contributed by atoms with Crippen molar-refractivity contribution in [1.82, 2.24) is 15.6 Å². The fourth-order valence-electron chi connectivity index (χ4n) is 4.06. The summed E-state index contributed by atoms with van der Waals surface area (Å²) >= 11 is 0. The summed E-state index contributed by atoms with van der Waals surface area (Å²) in [6, 6.07) is 14.2. The van der Waals surface area contributed by atoms with Crippen molar-refractivity contribution in [3.05, 3.63) is 89.2 Å². The van der Waals surface area contributed by atoms with Gasteiger partial charge in [-0.15, -0.1) is 0 Å². The number of phenols is 1. The summed E-state index contributed by atoms with van der Waals surface area (Å²) < 4.78 is 5.06. The molecule has 0 unspecified atom stereocenters. The second kappa shape index (κ2) is 10.3. The van der Waals surface area contributed by atoms with Crippen LogP contribution in [0.2, 0.25) is 0 Å². The van der Waals surface area contributed by atoms with E-state index in [1.807, 2.05) is 0 Å². The number of aromatic nitrogens is 1. The first kappa shape index (κ1) is 23.1. The molecule has 174 valence electrons. The molecule has 1 amide bonds. The zero-order valence-corrected chi connectivity index (χ0v) is 18.7. The van der Waals surface area contributed by atoms with Crippen molar-refractivity contribution in [1.29, 1.82) is 0 Å². The number of benzene rings is 2. The van der Waals surface area contributed by atoms with Gasteiger partial charge in [0.05, 0.1) is 12.7 Å². The Balaban J connectivity index is 1.41. The van der Waals surface area contributed by atoms with Crippen molar-refractivity contribution in [3.8, 4) is 11.5 Å². The van der Waals surface area contributed by atoms with E-state index in [1.54, 1.807) is 60.9 Å². The Hall–Kier alpha value is -4.04. The number of carbonyl (C=O) groups excluding carboxylic acids is 3. The van der Waals surface area contributed by atoms with Crippen molar-refractivity contribution < 1.29 is 24.2 Å². The Morgan fingerprint density at radius 2 is 1.71 bits per heavy atom. The zero-order chi connectivity index (χ0) is 24.1. The summed E-state index contributed by atoms with van der Waals surface area (Å²) in [4.78, 5) is 42.1. The fraction of sp³-hybridized carbons (Fsp3) is 0.231. The molecule has 2 aromatic carbocycles. The molecule has 0 aliphatic carbocycles. The molecule has 34 heavy (non-hydrogen) atoms. The number of ketones is 2. The van der Waals surface area contributed by atoms with E-state index in [1.165, 1.54) is 13.2 Å². The molecular formula is C26H25N3O5. The average Bonchev–Trinajstić information content (AvgIpc) is 3.30. The van der Waals surface area contributed by atoms with E-state index in [2.05, 4.69) is 15.6 Å². The Morgan fingerprint density at radius 3 is 2.41 bits per heavy atom. The number of Topliss-reactive ketones (excluding diaryl/α,β-unsaturated/α-hetero) is 1. The minimum absolute atomic E-state index is 0.0478. The average molecular weight is 460 g/mol. The lowest BCUT2D eigenvalue weighted by atomic mass is 9.93. The molecule has 0 radical (unpaired) electrons. The van der Waals surface area contributed by atoms with Crippen LogP contribution in [0.1, 0.15) is 43.1 Å². The number of methoxy groups -OCH3 is 1. The Morgan fingerprint density at radius 1 is 1.00 bits per heavy atom. The highest BCUT2D eigenvalue weighted by molar-refractivity contribution is 6.11. The van der Waals surface area contributed by atoms with E-state index < -0.39 is 0 Å². The van der Waals surface area contributed by atoms with E-state index in [9.17, 15) is 19.5 Å². The quantitative estimate of drug-likeness (QED) is 0.443. The summed E-state index contributed by atoms with van der Waals surface area (Å²) in [6.07, 6.45) is 3.39. The number of carbonyl (C=O) groups is 3. The maximum absolute atomic E-state index is 12.9. The monoisotopic (exact) mass is 459 g/mol. The highest BCUT2D eigenvalue weighted by Crippen LogP contribution is 2.31. The standard InChI is InChI=1S/C26H25N3O5/c1-34-23-4-2-3-20(25(23)32)24(31)17-7-5-16(6-8-17)22(30)13-19-14-28-15-21(19)29-26(33)18-9-11-27-12-10-18/h2-12,19,21,28,32H,13-15H2,1H3,(H,29,33)/t19-,21-/m1/s1. The number of hydrogen-bond donors (Lipinski definition) is 3. The first-order valence-corrected chi connectivity index (χ1v) is 10.9. The number of pyridine rings is 1. The second-order valence-corrected chi connectivity index (χ2v) is 8.12. The molecule has 8 nitrogen and oxygen atoms in total. The van der Waals surface area contributed by atoms with Gasteiger partial charge >= 0.3 is 0 Å². The molecule has 1 fully saturated rings. The molecule has 2 atom stereocenters. The molecule has 0 bridgehead atoms. The lowest BCUT2D eigenvalue weighted by molar-refractivity contribution is 0.0902. The number of nitrogens with zero attached hydrogens (tertiary/aromatic N) is 1. The molecule has 1 aliphatic heterocycles. The van der Waals surface area contributed by atoms with Crippen LogP contribution in [0.3, 0.4) is 0 Å². The summed E-state index contributed by atoms with van der Waals surface area (Å²) in [6.45, 7) is 1.21. The Labute approximate surface area is 197 Å². The second-order valence-electron chi connectivity index (χ2n) is 8.12. The van der Waals surface area contributed by atoms with E-state index in [0.717, 1.165) is 0 Å². The third kappa shape index (κ3) is 4.97. The number of hydrogen-bond acceptors (Lipinski definition) is 7. The van der Waals surface area contributed by atoms with Crippen LogP contribution in [0.5, 0.6) is 11.5 Å². The Bertz CT molecular complexity index is 1190. The molecular weight excluding hydrogens is 434 g/mol. The van der Waals surface area contributed by atoms with E-state index >= 15 is 0 Å². The molecule has 0 saturated carbocycles. The van der Waals surface area contributed by atoms with Crippen LogP contribution in [0, 0.1) is 5.92 Å². The maximum Gasteiger partial charge on any atom is 0.251 e. The van der Waals surface area contributed by atoms with E-state index in [-0.39, 0.29) is 52.9 Å². The van der Waals surface area contributed by atoms with Gasteiger partial charge in [0.25, 0.3) is 5.91 Å². The first-order chi connectivity index (χ1) is 16.5. The first-order valence-electron chi connectivity index (χ1n) is 10.9. The number of para-hydroxylation sites is 1. The summed E-state index contributed by atoms with van der Waals surface area (Å²) in [5.74, 6) is -0.683. The molecule has 1 aliphatic rings. The van der Waals surface area contributed by atoms with Gasteiger partial charge in [-0.25, -0.2) is 0 Å². The van der Waals surface area contributed by atoms with E-state index in [0.29, 0.717) is 29.8 Å². The van der Waals surface area contributed by atoms with Crippen molar-refractivity contribution in [2.45, 2.75) is 12.5 Å². The van der Waals surface area contributed by atoms with Crippen LogP contribution in [-0.2, 0) is 0 Å². The topological polar surface area (TPSA) is 118 Å². The van der Waals surface area contributed by atoms with Gasteiger partial charge in [0.1, 0.15) is 0 Å². The Kier molecular flexibility index (Phi) is 6.98. The SMILES string of the molecule is COc1cccc(C(=O)c2ccc(C(=O)C[C@@H]3CNC[C@H]3NC(=O)c3ccncc3)cc2)c1O. The lowest BCUT2D eigenvalue weighted by Gasteiger charge is -2.19. The number of amides is 1. The van der Waals surface area contributed by atoms with Crippen molar-refractivity contribution in [2.24, 2.45) is 5.92 Å². The minimum Gasteiger partial charge on any atom is -0.504 e. The normalized spacial score (nSPS) is 17.2. The molecule has 3 aromatic rings. The van der Waals surface area contributed by atoms with Gasteiger partial charge in [0.15, 0.2) is 23.1 Å². The molecule has 3 N–H and O–H groups in total. The number of ether oxygens (including phenoxy) is 1. The largest absolute Gasteiger partial charge is 0.504 e. The number of aromatic hydroxyl groups is 1. The van der Waals surface area contributed by atoms with Gasteiger partial charge in [-0.1, -0.05) is 30.3 Å². The predicted octanol–water partition coefficient (Wildman–Crippen LogP) is 2.62. The van der Waals surface area contributed by atoms with Gasteiger partial charge in [-0.3, -0.25) is 19.4 Å². The molecule has 0 spiro atoms. The highest BCUT2D eigenvalue weighted by atomic mass is 16.5. The predicted molar refractivity (Wildman–Crippen MR) is 125 cm³/mol. The summed E-state index contributed by atoms with van der Waals surface area (Å²) in [5, 5.41) is 16.5. The third-order valence-electron chi connectivity index (χ3n) is 5.98. The van der Waals surface area contributed by atoms with Crippen molar-refractivity contribution >= 4 is 17.5 Å².